The van der Waals surface area contributed by atoms with Crippen LogP contribution in [0.3, 0.4) is 0 Å². The molecule has 21 heavy (non-hydrogen) atoms. The van der Waals surface area contributed by atoms with Crippen molar-refractivity contribution in [3.05, 3.63) is 0 Å². The summed E-state index contributed by atoms with van der Waals surface area (Å²) in [6.07, 6.45) is 5.73. The van der Waals surface area contributed by atoms with Crippen LogP contribution in [0.5, 0.6) is 0 Å². The third-order valence-electron chi connectivity index (χ3n) is 6.12. The molecule has 0 aromatic carbocycles. The van der Waals surface area contributed by atoms with Gasteiger partial charge in [0.1, 0.15) is 0 Å². The van der Waals surface area contributed by atoms with Gasteiger partial charge in [-0.3, -0.25) is 4.90 Å². The summed E-state index contributed by atoms with van der Waals surface area (Å²) in [6, 6.07) is 1.61. The Morgan fingerprint density at radius 1 is 1.05 bits per heavy atom. The number of fused-ring (bicyclic) bond motifs is 1. The molecule has 2 heteroatoms. The Bertz CT molecular complexity index is 340. The minimum absolute atomic E-state index is 0.332. The lowest BCUT2D eigenvalue weighted by Gasteiger charge is -2.41. The maximum atomic E-state index is 2.82. The monoisotopic (exact) mass is 294 g/mol. The van der Waals surface area contributed by atoms with Gasteiger partial charge < -0.3 is 4.90 Å². The van der Waals surface area contributed by atoms with Crippen LogP contribution in [0, 0.1) is 11.3 Å². The lowest BCUT2D eigenvalue weighted by molar-refractivity contribution is 0.0713. The van der Waals surface area contributed by atoms with Crippen LogP contribution in [-0.2, 0) is 0 Å². The van der Waals surface area contributed by atoms with Crippen molar-refractivity contribution in [2.45, 2.75) is 91.8 Å². The van der Waals surface area contributed by atoms with Crippen LogP contribution in [0.1, 0.15) is 74.1 Å². The molecule has 0 radical (unpaired) electrons. The second-order valence-electron chi connectivity index (χ2n) is 8.51. The van der Waals surface area contributed by atoms with Crippen molar-refractivity contribution < 1.29 is 0 Å². The zero-order valence-corrected chi connectivity index (χ0v) is 15.6. The van der Waals surface area contributed by atoms with E-state index in [4.69, 9.17) is 0 Å². The standard InChI is InChI=1S/C17H32N2.C2H6/c1-13-14(12-18-9-7-6-8-10-18)17(5)11-15(17)19(13)16(2,3)4;1-2/h13-15H,6-12H2,1-5H3;1-2H3/t13-,14+,15-,17-;/m1./s1. The molecule has 2 heterocycles. The van der Waals surface area contributed by atoms with Gasteiger partial charge >= 0.3 is 0 Å². The summed E-state index contributed by atoms with van der Waals surface area (Å²) < 4.78 is 0. The number of hydrogen-bond donors (Lipinski definition) is 0. The Morgan fingerprint density at radius 3 is 2.10 bits per heavy atom. The summed E-state index contributed by atoms with van der Waals surface area (Å²) in [7, 11) is 0. The molecule has 3 aliphatic rings. The predicted molar refractivity (Wildman–Crippen MR) is 92.7 cm³/mol. The normalized spacial score (nSPS) is 40.4. The minimum atomic E-state index is 0.332. The highest BCUT2D eigenvalue weighted by Gasteiger charge is 2.67. The van der Waals surface area contributed by atoms with E-state index < -0.39 is 0 Å². The Labute approximate surface area is 133 Å². The molecule has 3 fully saturated rings. The molecule has 3 rings (SSSR count). The summed E-state index contributed by atoms with van der Waals surface area (Å²) in [5.41, 5.74) is 0.947. The molecule has 2 saturated heterocycles. The minimum Gasteiger partial charge on any atom is -0.303 e. The number of hydrogen-bond acceptors (Lipinski definition) is 2. The summed E-state index contributed by atoms with van der Waals surface area (Å²) in [4.78, 5) is 5.57. The van der Waals surface area contributed by atoms with Gasteiger partial charge in [0.2, 0.25) is 0 Å². The Kier molecular flexibility index (Phi) is 5.10. The Balaban J connectivity index is 0.000000774. The molecule has 0 aromatic rings. The first-order valence-electron chi connectivity index (χ1n) is 9.35. The second kappa shape index (κ2) is 6.20. The maximum Gasteiger partial charge on any atom is 0.0167 e. The molecule has 0 N–H and O–H groups in total. The van der Waals surface area contributed by atoms with Crippen LogP contribution < -0.4 is 0 Å². The van der Waals surface area contributed by atoms with Gasteiger partial charge in [-0.2, -0.15) is 0 Å². The molecule has 124 valence electrons. The fraction of sp³-hybridized carbons (Fsp3) is 1.00. The van der Waals surface area contributed by atoms with Gasteiger partial charge in [-0.15, -0.1) is 0 Å². The summed E-state index contributed by atoms with van der Waals surface area (Å²) in [5.74, 6) is 0.884. The van der Waals surface area contributed by atoms with Crippen LogP contribution in [-0.4, -0.2) is 47.1 Å². The van der Waals surface area contributed by atoms with Crippen molar-refractivity contribution >= 4 is 0 Å². The summed E-state index contributed by atoms with van der Waals surface area (Å²) in [5, 5.41) is 0. The smallest absolute Gasteiger partial charge is 0.0167 e. The van der Waals surface area contributed by atoms with E-state index in [1.165, 1.54) is 45.3 Å². The zero-order valence-electron chi connectivity index (χ0n) is 15.6. The average Bonchev–Trinajstić information content (AvgIpc) is 3.04. The van der Waals surface area contributed by atoms with E-state index in [1.54, 1.807) is 0 Å². The van der Waals surface area contributed by atoms with E-state index in [0.29, 0.717) is 11.0 Å². The lowest BCUT2D eigenvalue weighted by Crippen LogP contribution is -2.49. The number of rotatable bonds is 2. The van der Waals surface area contributed by atoms with E-state index in [-0.39, 0.29) is 0 Å². The first kappa shape index (κ1) is 17.3. The fourth-order valence-corrected chi connectivity index (χ4v) is 5.06. The Morgan fingerprint density at radius 2 is 1.62 bits per heavy atom. The van der Waals surface area contributed by atoms with E-state index in [2.05, 4.69) is 44.4 Å². The van der Waals surface area contributed by atoms with E-state index >= 15 is 0 Å². The van der Waals surface area contributed by atoms with Crippen molar-refractivity contribution in [1.29, 1.82) is 0 Å². The summed E-state index contributed by atoms with van der Waals surface area (Å²) >= 11 is 0. The topological polar surface area (TPSA) is 6.48 Å². The molecule has 1 saturated carbocycles. The largest absolute Gasteiger partial charge is 0.303 e. The van der Waals surface area contributed by atoms with Crippen molar-refractivity contribution in [3.63, 3.8) is 0 Å². The van der Waals surface area contributed by atoms with Gasteiger partial charge in [0.25, 0.3) is 0 Å². The van der Waals surface area contributed by atoms with E-state index in [9.17, 15) is 0 Å². The highest BCUT2D eigenvalue weighted by molar-refractivity contribution is 5.20. The van der Waals surface area contributed by atoms with Crippen molar-refractivity contribution in [2.75, 3.05) is 19.6 Å². The molecule has 0 bridgehead atoms. The zero-order chi connectivity index (χ0) is 15.8. The quantitative estimate of drug-likeness (QED) is 0.745. The SMILES string of the molecule is CC.C[C@@H]1[C@H](CN2CCCCC2)[C@@]2(C)C[C@H]2N1C(C)(C)C. The van der Waals surface area contributed by atoms with Crippen LogP contribution in [0.2, 0.25) is 0 Å². The fourth-order valence-electron chi connectivity index (χ4n) is 5.06. The third-order valence-corrected chi connectivity index (χ3v) is 6.12. The van der Waals surface area contributed by atoms with Gasteiger partial charge in [0, 0.05) is 24.2 Å². The Hall–Kier alpha value is -0.0800. The molecule has 2 nitrogen and oxygen atoms in total. The number of nitrogens with zero attached hydrogens (tertiary/aromatic N) is 2. The van der Waals surface area contributed by atoms with Crippen molar-refractivity contribution in [3.8, 4) is 0 Å². The van der Waals surface area contributed by atoms with Crippen molar-refractivity contribution in [2.24, 2.45) is 11.3 Å². The molecule has 0 unspecified atom stereocenters. The van der Waals surface area contributed by atoms with Gasteiger partial charge in [-0.1, -0.05) is 27.2 Å². The first-order chi connectivity index (χ1) is 9.84. The first-order valence-corrected chi connectivity index (χ1v) is 9.35. The third kappa shape index (κ3) is 3.17. The van der Waals surface area contributed by atoms with Crippen LogP contribution in [0.4, 0.5) is 0 Å². The van der Waals surface area contributed by atoms with Crippen LogP contribution in [0.15, 0.2) is 0 Å². The summed E-state index contributed by atoms with van der Waals surface area (Å²) in [6.45, 7) is 20.3. The highest BCUT2D eigenvalue weighted by atomic mass is 15.3. The number of piperidine rings is 2. The molecule has 0 aromatic heterocycles. The van der Waals surface area contributed by atoms with Gasteiger partial charge in [0.15, 0.2) is 0 Å². The van der Waals surface area contributed by atoms with Gasteiger partial charge in [0.05, 0.1) is 0 Å². The highest BCUT2D eigenvalue weighted by Crippen LogP contribution is 2.64. The van der Waals surface area contributed by atoms with E-state index in [1.807, 2.05) is 13.8 Å². The van der Waals surface area contributed by atoms with Crippen LogP contribution in [0.25, 0.3) is 0 Å². The molecular weight excluding hydrogens is 256 g/mol. The molecule has 4 atom stereocenters. The maximum absolute atomic E-state index is 2.82. The number of likely N-dealkylation sites (tertiary alicyclic amines) is 2. The molecular formula is C19H38N2. The molecule has 2 aliphatic heterocycles. The molecule has 0 amide bonds. The predicted octanol–water partition coefficient (Wildman–Crippen LogP) is 4.40. The average molecular weight is 295 g/mol. The van der Waals surface area contributed by atoms with Crippen molar-refractivity contribution in [1.82, 2.24) is 9.80 Å². The second-order valence-corrected chi connectivity index (χ2v) is 8.51. The van der Waals surface area contributed by atoms with E-state index in [0.717, 1.165) is 18.0 Å². The van der Waals surface area contributed by atoms with Crippen LogP contribution >= 0.6 is 0 Å². The molecule has 1 aliphatic carbocycles. The molecule has 0 spiro atoms. The lowest BCUT2D eigenvalue weighted by atomic mass is 9.86. The van der Waals surface area contributed by atoms with Gasteiger partial charge in [-0.05, 0) is 71.4 Å². The van der Waals surface area contributed by atoms with Gasteiger partial charge in [-0.25, -0.2) is 0 Å².